The molecule has 0 aromatic heterocycles. The Bertz CT molecular complexity index is 1820. The van der Waals surface area contributed by atoms with Crippen molar-refractivity contribution < 1.29 is 36.9 Å². The molecule has 1 N–H and O–H groups in total. The van der Waals surface area contributed by atoms with Crippen molar-refractivity contribution in [2.24, 2.45) is 11.8 Å². The number of sulfonamides is 1. The van der Waals surface area contributed by atoms with Crippen LogP contribution in [0.15, 0.2) is 48.6 Å². The van der Waals surface area contributed by atoms with Gasteiger partial charge in [0, 0.05) is 62.4 Å². The zero-order valence-electron chi connectivity index (χ0n) is 32.0. The smallest absolute Gasteiger partial charge is 0.264 e. The highest BCUT2D eigenvalue weighted by Gasteiger charge is 2.45. The van der Waals surface area contributed by atoms with Crippen LogP contribution < -0.4 is 14.4 Å². The lowest BCUT2D eigenvalue weighted by molar-refractivity contribution is -0.0316. The average molecular weight is 798 g/mol. The van der Waals surface area contributed by atoms with Gasteiger partial charge in [-0.25, -0.2) is 13.1 Å². The minimum absolute atomic E-state index is 0.140. The first-order chi connectivity index (χ1) is 26.7. The van der Waals surface area contributed by atoms with Gasteiger partial charge in [0.25, 0.3) is 5.91 Å². The van der Waals surface area contributed by atoms with Crippen molar-refractivity contribution in [3.05, 3.63) is 70.3 Å². The van der Waals surface area contributed by atoms with E-state index >= 15 is 0 Å². The number of amides is 1. The molecule has 1 spiro atoms. The number of hydrogen-bond acceptors (Lipinski definition) is 10. The standard InChI is InChI=1S/C42H56ClN3O8S/c1-50-39-8-2-7-37(53-22-18-45-16-20-51-21-17-45)34-12-9-31(34)26-46-27-42(15-3-5-29-23-32(43)11-13-35(29)42)28-54-38-14-10-30(24-36(38)46)41(47)44-55(48,49)40(39)25-33-6-4-19-52-33/h2,7,10-11,13-14,23-24,31,33-34,37,39-40H,3-6,8-9,12,15-22,25-28H2,1H3,(H,44,47)/b7-2-/t31-,33-,34+,37-,39-,40+,42-/m0/s1. The summed E-state index contributed by atoms with van der Waals surface area (Å²) in [5, 5.41) is -0.260. The third kappa shape index (κ3) is 8.61. The molecule has 2 saturated heterocycles. The molecule has 0 unspecified atom stereocenters. The molecular formula is C42H56ClN3O8S. The SMILES string of the molecule is CO[C@H]1C/C=C\[C@H](OCCN2CCOCC2)[C@@H]2CC[C@H]2CN2C[C@@]3(CCCc4cc(Cl)ccc43)COc3ccc(cc32)C(=O)NS(=O)(=O)[C@@H]1C[C@@H]1CCCO1. The fourth-order valence-electron chi connectivity index (χ4n) is 9.83. The number of aryl methyl sites for hydroxylation is 1. The summed E-state index contributed by atoms with van der Waals surface area (Å²) in [4.78, 5) is 18.8. The van der Waals surface area contributed by atoms with Crippen molar-refractivity contribution in [2.45, 2.75) is 86.8 Å². The second kappa shape index (κ2) is 17.0. The second-order valence-corrected chi connectivity index (χ2v) is 18.7. The molecule has 2 aromatic rings. The molecule has 11 nitrogen and oxygen atoms in total. The van der Waals surface area contributed by atoms with Gasteiger partial charge in [-0.15, -0.1) is 0 Å². The van der Waals surface area contributed by atoms with Crippen LogP contribution in [0.25, 0.3) is 0 Å². The predicted octanol–water partition coefficient (Wildman–Crippen LogP) is 5.53. The Morgan fingerprint density at radius 3 is 2.71 bits per heavy atom. The van der Waals surface area contributed by atoms with Gasteiger partial charge in [0.2, 0.25) is 10.0 Å². The number of halogens is 1. The van der Waals surface area contributed by atoms with Crippen LogP contribution >= 0.6 is 11.6 Å². The zero-order chi connectivity index (χ0) is 38.0. The van der Waals surface area contributed by atoms with E-state index in [9.17, 15) is 13.2 Å². The summed E-state index contributed by atoms with van der Waals surface area (Å²) in [6.07, 6.45) is 10.4. The largest absolute Gasteiger partial charge is 0.490 e. The molecule has 4 aliphatic heterocycles. The number of methoxy groups -OCH3 is 1. The molecule has 0 radical (unpaired) electrons. The molecule has 300 valence electrons. The summed E-state index contributed by atoms with van der Waals surface area (Å²) in [6.45, 7) is 7.28. The number of anilines is 1. The van der Waals surface area contributed by atoms with Crippen LogP contribution in [0.3, 0.4) is 0 Å². The van der Waals surface area contributed by atoms with E-state index in [1.165, 1.54) is 11.1 Å². The van der Waals surface area contributed by atoms with Crippen LogP contribution in [0.2, 0.25) is 5.02 Å². The molecule has 8 rings (SSSR count). The summed E-state index contributed by atoms with van der Waals surface area (Å²) in [6, 6.07) is 11.6. The molecule has 7 atom stereocenters. The van der Waals surface area contributed by atoms with Gasteiger partial charge in [-0.2, -0.15) is 0 Å². The highest BCUT2D eigenvalue weighted by Crippen LogP contribution is 2.47. The maximum absolute atomic E-state index is 14.2. The van der Waals surface area contributed by atoms with Crippen LogP contribution in [-0.2, 0) is 40.8 Å². The number of benzene rings is 2. The Hall–Kier alpha value is -2.71. The quantitative estimate of drug-likeness (QED) is 0.359. The lowest BCUT2D eigenvalue weighted by Gasteiger charge is -2.46. The molecule has 3 fully saturated rings. The number of morpholine rings is 1. The third-order valence-corrected chi connectivity index (χ3v) is 15.0. The van der Waals surface area contributed by atoms with Crippen LogP contribution in [0.4, 0.5) is 5.69 Å². The molecular weight excluding hydrogens is 742 g/mol. The molecule has 2 aliphatic carbocycles. The van der Waals surface area contributed by atoms with Crippen molar-refractivity contribution in [1.29, 1.82) is 0 Å². The summed E-state index contributed by atoms with van der Waals surface area (Å²) < 4.78 is 61.8. The molecule has 55 heavy (non-hydrogen) atoms. The van der Waals surface area contributed by atoms with Crippen LogP contribution in [-0.4, -0.2) is 116 Å². The van der Waals surface area contributed by atoms with E-state index in [0.29, 0.717) is 44.5 Å². The van der Waals surface area contributed by atoms with Gasteiger partial charge in [-0.3, -0.25) is 9.69 Å². The Morgan fingerprint density at radius 1 is 1.05 bits per heavy atom. The van der Waals surface area contributed by atoms with Gasteiger partial charge < -0.3 is 28.6 Å². The number of nitrogens with zero attached hydrogens (tertiary/aromatic N) is 2. The van der Waals surface area contributed by atoms with Crippen molar-refractivity contribution in [2.75, 3.05) is 77.8 Å². The number of ether oxygens (including phenoxy) is 5. The summed E-state index contributed by atoms with van der Waals surface area (Å²) in [7, 11) is -2.64. The minimum Gasteiger partial charge on any atom is -0.490 e. The molecule has 1 amide bonds. The second-order valence-electron chi connectivity index (χ2n) is 16.4. The zero-order valence-corrected chi connectivity index (χ0v) is 33.5. The summed E-state index contributed by atoms with van der Waals surface area (Å²) in [5.74, 6) is 0.645. The van der Waals surface area contributed by atoms with Gasteiger partial charge in [0.1, 0.15) is 11.0 Å². The predicted molar refractivity (Wildman–Crippen MR) is 212 cm³/mol. The van der Waals surface area contributed by atoms with Gasteiger partial charge in [-0.05, 0) is 111 Å². The monoisotopic (exact) mass is 797 g/mol. The van der Waals surface area contributed by atoms with Crippen molar-refractivity contribution in [1.82, 2.24) is 9.62 Å². The van der Waals surface area contributed by atoms with Crippen molar-refractivity contribution in [3.8, 4) is 5.75 Å². The Morgan fingerprint density at radius 2 is 1.93 bits per heavy atom. The van der Waals surface area contributed by atoms with Crippen molar-refractivity contribution >= 4 is 33.2 Å². The fourth-order valence-corrected chi connectivity index (χ4v) is 11.6. The first-order valence-corrected chi connectivity index (χ1v) is 22.2. The van der Waals surface area contributed by atoms with Gasteiger partial charge in [0.15, 0.2) is 0 Å². The first-order valence-electron chi connectivity index (χ1n) is 20.3. The van der Waals surface area contributed by atoms with Gasteiger partial charge >= 0.3 is 0 Å². The van der Waals surface area contributed by atoms with Crippen molar-refractivity contribution in [3.63, 3.8) is 0 Å². The summed E-state index contributed by atoms with van der Waals surface area (Å²) in [5.41, 5.74) is 3.34. The van der Waals surface area contributed by atoms with E-state index < -0.39 is 27.3 Å². The maximum Gasteiger partial charge on any atom is 0.264 e. The topological polar surface area (TPSA) is 116 Å². The maximum atomic E-state index is 14.2. The average Bonchev–Trinajstić information content (AvgIpc) is 3.64. The normalized spacial score (nSPS) is 33.1. The van der Waals surface area contributed by atoms with E-state index in [1.807, 2.05) is 24.3 Å². The molecule has 4 heterocycles. The Kier molecular flexibility index (Phi) is 12.1. The third-order valence-electron chi connectivity index (χ3n) is 13.0. The molecule has 2 bridgehead atoms. The number of carbonyl (C=O) groups is 1. The Balaban J connectivity index is 1.15. The van der Waals surface area contributed by atoms with E-state index in [0.717, 1.165) is 95.0 Å². The van der Waals surface area contributed by atoms with Crippen LogP contribution in [0, 0.1) is 11.8 Å². The lowest BCUT2D eigenvalue weighted by atomic mass is 9.68. The molecule has 13 heteroatoms. The summed E-state index contributed by atoms with van der Waals surface area (Å²) >= 11 is 6.50. The van der Waals surface area contributed by atoms with Gasteiger partial charge in [0.05, 0.1) is 50.4 Å². The fraction of sp³-hybridized carbons (Fsp3) is 0.643. The number of hydrogen-bond donors (Lipinski definition) is 1. The molecule has 1 saturated carbocycles. The first kappa shape index (κ1) is 39.1. The number of nitrogens with one attached hydrogen (secondary N) is 1. The lowest BCUT2D eigenvalue weighted by Crippen LogP contribution is -2.50. The minimum atomic E-state index is -4.19. The number of rotatable bonds is 7. The van der Waals surface area contributed by atoms with E-state index in [2.05, 4.69) is 32.7 Å². The van der Waals surface area contributed by atoms with Crippen LogP contribution in [0.5, 0.6) is 5.75 Å². The van der Waals surface area contributed by atoms with E-state index in [4.69, 9.17) is 35.3 Å². The highest BCUT2D eigenvalue weighted by atomic mass is 35.5. The highest BCUT2D eigenvalue weighted by molar-refractivity contribution is 7.90. The number of fused-ring (bicyclic) bond motifs is 4. The van der Waals surface area contributed by atoms with Gasteiger partial charge in [-0.1, -0.05) is 29.8 Å². The molecule has 6 aliphatic rings. The Labute approximate surface area is 331 Å². The molecule has 2 aromatic carbocycles. The van der Waals surface area contributed by atoms with E-state index in [-0.39, 0.29) is 35.5 Å². The number of carbonyl (C=O) groups excluding carboxylic acids is 1. The van der Waals surface area contributed by atoms with Crippen LogP contribution in [0.1, 0.15) is 72.9 Å². The van der Waals surface area contributed by atoms with E-state index in [1.54, 1.807) is 13.2 Å².